The fraction of sp³-hybridized carbons (Fsp3) is 0.800. The Morgan fingerprint density at radius 1 is 1.33 bits per heavy atom. The van der Waals surface area contributed by atoms with E-state index in [1.807, 2.05) is 6.08 Å². The molecule has 0 unspecified atom stereocenters. The molecule has 2 aliphatic carbocycles. The number of hydrogen-bond donors (Lipinski definition) is 2. The molecule has 0 aromatic carbocycles. The summed E-state index contributed by atoms with van der Waals surface area (Å²) >= 11 is 0. The maximum Gasteiger partial charge on any atom is 0.123 e. The minimum absolute atomic E-state index is 0.0184. The quantitative estimate of drug-likeness (QED) is 0.595. The SMILES string of the molecule is C[C@]12CC[C@H](C=CCCO)C[C@@]1(O)CC[C@@H]2C=O. The molecule has 0 bridgehead atoms. The average Bonchev–Trinajstić information content (AvgIpc) is 2.61. The molecule has 0 radical (unpaired) electrons. The summed E-state index contributed by atoms with van der Waals surface area (Å²) in [6, 6.07) is 0. The van der Waals surface area contributed by atoms with E-state index in [9.17, 15) is 9.90 Å². The van der Waals surface area contributed by atoms with Gasteiger partial charge >= 0.3 is 0 Å². The molecular weight excluding hydrogens is 228 g/mol. The van der Waals surface area contributed by atoms with Crippen molar-refractivity contribution in [2.45, 2.75) is 51.0 Å². The first kappa shape index (κ1) is 13.8. The van der Waals surface area contributed by atoms with Crippen LogP contribution >= 0.6 is 0 Å². The summed E-state index contributed by atoms with van der Waals surface area (Å²) in [5.74, 6) is 0.407. The van der Waals surface area contributed by atoms with Crippen molar-refractivity contribution < 1.29 is 15.0 Å². The zero-order chi connectivity index (χ0) is 13.2. The van der Waals surface area contributed by atoms with Crippen LogP contribution in [0.1, 0.15) is 45.4 Å². The number of fused-ring (bicyclic) bond motifs is 1. The molecule has 0 aliphatic heterocycles. The van der Waals surface area contributed by atoms with Crippen molar-refractivity contribution in [3.8, 4) is 0 Å². The Morgan fingerprint density at radius 2 is 2.11 bits per heavy atom. The van der Waals surface area contributed by atoms with Crippen LogP contribution in [-0.4, -0.2) is 28.7 Å². The van der Waals surface area contributed by atoms with Gasteiger partial charge in [-0.3, -0.25) is 0 Å². The predicted molar refractivity (Wildman–Crippen MR) is 70.0 cm³/mol. The van der Waals surface area contributed by atoms with Crippen LogP contribution in [0.25, 0.3) is 0 Å². The molecule has 0 heterocycles. The van der Waals surface area contributed by atoms with Gasteiger partial charge in [0.15, 0.2) is 0 Å². The summed E-state index contributed by atoms with van der Waals surface area (Å²) in [5, 5.41) is 19.6. The largest absolute Gasteiger partial charge is 0.396 e. The average molecular weight is 252 g/mol. The highest BCUT2D eigenvalue weighted by Gasteiger charge is 2.58. The Kier molecular flexibility index (Phi) is 3.93. The van der Waals surface area contributed by atoms with E-state index in [1.165, 1.54) is 0 Å². The number of carbonyl (C=O) groups excluding carboxylic acids is 1. The number of aliphatic hydroxyl groups is 2. The van der Waals surface area contributed by atoms with Crippen LogP contribution < -0.4 is 0 Å². The number of allylic oxidation sites excluding steroid dienone is 1. The van der Waals surface area contributed by atoms with E-state index >= 15 is 0 Å². The molecule has 3 heteroatoms. The molecule has 2 saturated carbocycles. The number of rotatable bonds is 4. The Labute approximate surface area is 109 Å². The maximum absolute atomic E-state index is 11.1. The minimum Gasteiger partial charge on any atom is -0.396 e. The fourth-order valence-electron chi connectivity index (χ4n) is 3.86. The first-order chi connectivity index (χ1) is 8.55. The summed E-state index contributed by atoms with van der Waals surface area (Å²) in [4.78, 5) is 11.1. The van der Waals surface area contributed by atoms with Gasteiger partial charge in [0, 0.05) is 17.9 Å². The van der Waals surface area contributed by atoms with Crippen molar-refractivity contribution in [1.29, 1.82) is 0 Å². The van der Waals surface area contributed by atoms with Crippen LogP contribution in [0, 0.1) is 17.3 Å². The third kappa shape index (κ3) is 2.14. The lowest BCUT2D eigenvalue weighted by Crippen LogP contribution is -2.49. The number of aldehydes is 1. The van der Waals surface area contributed by atoms with Gasteiger partial charge in [0.2, 0.25) is 0 Å². The van der Waals surface area contributed by atoms with Crippen LogP contribution in [-0.2, 0) is 4.79 Å². The van der Waals surface area contributed by atoms with E-state index in [4.69, 9.17) is 5.11 Å². The Bertz CT molecular complexity index is 339. The predicted octanol–water partition coefficient (Wildman–Crippen LogP) is 2.07. The minimum atomic E-state index is -0.676. The standard InChI is InChI=1S/C15H24O3/c1-14-7-5-12(4-2-3-9-16)10-15(14,18)8-6-13(14)11-17/h2,4,11-13,16,18H,3,5-10H2,1H3/t12-,13+,14+,15-/m0/s1. The first-order valence-corrected chi connectivity index (χ1v) is 7.01. The third-order valence-electron chi connectivity index (χ3n) is 5.25. The molecule has 0 aromatic rings. The fourth-order valence-corrected chi connectivity index (χ4v) is 3.86. The lowest BCUT2D eigenvalue weighted by molar-refractivity contribution is -0.129. The van der Waals surface area contributed by atoms with Crippen molar-refractivity contribution in [2.75, 3.05) is 6.61 Å². The van der Waals surface area contributed by atoms with Crippen LogP contribution in [0.4, 0.5) is 0 Å². The summed E-state index contributed by atoms with van der Waals surface area (Å²) in [6.07, 6.45) is 10.1. The Balaban J connectivity index is 2.07. The van der Waals surface area contributed by atoms with Gasteiger partial charge in [-0.15, -0.1) is 0 Å². The van der Waals surface area contributed by atoms with Gasteiger partial charge in [0.25, 0.3) is 0 Å². The molecule has 2 N–H and O–H groups in total. The van der Waals surface area contributed by atoms with Crippen LogP contribution in [0.5, 0.6) is 0 Å². The van der Waals surface area contributed by atoms with E-state index < -0.39 is 5.60 Å². The van der Waals surface area contributed by atoms with E-state index in [0.29, 0.717) is 12.3 Å². The van der Waals surface area contributed by atoms with Crippen LogP contribution in [0.2, 0.25) is 0 Å². The van der Waals surface area contributed by atoms with E-state index in [2.05, 4.69) is 13.0 Å². The second kappa shape index (κ2) is 5.14. The summed E-state index contributed by atoms with van der Waals surface area (Å²) < 4.78 is 0. The zero-order valence-electron chi connectivity index (χ0n) is 11.1. The molecule has 0 amide bonds. The second-order valence-electron chi connectivity index (χ2n) is 6.17. The van der Waals surface area contributed by atoms with Crippen molar-refractivity contribution in [2.24, 2.45) is 17.3 Å². The second-order valence-corrected chi connectivity index (χ2v) is 6.17. The van der Waals surface area contributed by atoms with Gasteiger partial charge in [0.05, 0.1) is 5.60 Å². The molecule has 4 atom stereocenters. The molecule has 0 saturated heterocycles. The smallest absolute Gasteiger partial charge is 0.123 e. The van der Waals surface area contributed by atoms with Gasteiger partial charge < -0.3 is 15.0 Å². The molecule has 2 rings (SSSR count). The van der Waals surface area contributed by atoms with Gasteiger partial charge in [-0.1, -0.05) is 19.1 Å². The van der Waals surface area contributed by atoms with E-state index in [-0.39, 0.29) is 17.9 Å². The monoisotopic (exact) mass is 252 g/mol. The topological polar surface area (TPSA) is 57.5 Å². The molecule has 2 aliphatic rings. The third-order valence-corrected chi connectivity index (χ3v) is 5.25. The number of carbonyl (C=O) groups is 1. The molecule has 102 valence electrons. The van der Waals surface area contributed by atoms with Crippen LogP contribution in [0.15, 0.2) is 12.2 Å². The lowest BCUT2D eigenvalue weighted by Gasteiger charge is -2.48. The highest BCUT2D eigenvalue weighted by molar-refractivity contribution is 5.57. The Morgan fingerprint density at radius 3 is 2.78 bits per heavy atom. The number of hydrogen-bond acceptors (Lipinski definition) is 3. The lowest BCUT2D eigenvalue weighted by atomic mass is 9.60. The zero-order valence-corrected chi connectivity index (χ0v) is 11.1. The maximum atomic E-state index is 11.1. The molecule has 3 nitrogen and oxygen atoms in total. The highest BCUT2D eigenvalue weighted by Crippen LogP contribution is 2.58. The van der Waals surface area contributed by atoms with Gasteiger partial charge in [-0.05, 0) is 44.4 Å². The molecule has 2 fully saturated rings. The summed E-state index contributed by atoms with van der Waals surface area (Å²) in [7, 11) is 0. The molecule has 0 spiro atoms. The van der Waals surface area contributed by atoms with Crippen molar-refractivity contribution in [3.63, 3.8) is 0 Å². The van der Waals surface area contributed by atoms with Crippen molar-refractivity contribution in [1.82, 2.24) is 0 Å². The van der Waals surface area contributed by atoms with E-state index in [0.717, 1.165) is 38.4 Å². The van der Waals surface area contributed by atoms with E-state index in [1.54, 1.807) is 0 Å². The summed E-state index contributed by atoms with van der Waals surface area (Å²) in [5.41, 5.74) is -0.902. The number of aliphatic hydroxyl groups excluding tert-OH is 1. The molecule has 18 heavy (non-hydrogen) atoms. The van der Waals surface area contributed by atoms with Gasteiger partial charge in [-0.25, -0.2) is 0 Å². The molecule has 0 aromatic heterocycles. The normalized spacial score (nSPS) is 44.2. The summed E-state index contributed by atoms with van der Waals surface area (Å²) in [6.45, 7) is 2.26. The highest BCUT2D eigenvalue weighted by atomic mass is 16.3. The van der Waals surface area contributed by atoms with Gasteiger partial charge in [-0.2, -0.15) is 0 Å². The molecular formula is C15H24O3. The van der Waals surface area contributed by atoms with Gasteiger partial charge in [0.1, 0.15) is 6.29 Å². The van der Waals surface area contributed by atoms with Crippen molar-refractivity contribution >= 4 is 6.29 Å². The Hall–Kier alpha value is -0.670. The first-order valence-electron chi connectivity index (χ1n) is 7.01. The van der Waals surface area contributed by atoms with Crippen molar-refractivity contribution in [3.05, 3.63) is 12.2 Å². The van der Waals surface area contributed by atoms with Crippen LogP contribution in [0.3, 0.4) is 0 Å².